The third-order valence-corrected chi connectivity index (χ3v) is 7.07. The first kappa shape index (κ1) is 18.8. The monoisotopic (exact) mass is 390 g/mol. The van der Waals surface area contributed by atoms with Crippen LogP contribution in [0.3, 0.4) is 0 Å². The van der Waals surface area contributed by atoms with Crippen LogP contribution in [0.5, 0.6) is 0 Å². The van der Waals surface area contributed by atoms with Crippen LogP contribution in [0.15, 0.2) is 24.3 Å². The number of hydrogen-bond donors (Lipinski definition) is 3. The minimum Gasteiger partial charge on any atom is -0.332 e. The van der Waals surface area contributed by atoms with Crippen molar-refractivity contribution >= 4 is 23.5 Å². The number of rotatable bonds is 5. The second-order valence-electron chi connectivity index (χ2n) is 8.95. The van der Waals surface area contributed by atoms with E-state index in [4.69, 9.17) is 11.6 Å². The predicted molar refractivity (Wildman–Crippen MR) is 104 cm³/mol. The molecule has 27 heavy (non-hydrogen) atoms. The second kappa shape index (κ2) is 7.44. The van der Waals surface area contributed by atoms with Gasteiger partial charge in [-0.1, -0.05) is 29.8 Å². The van der Waals surface area contributed by atoms with Gasteiger partial charge in [0.05, 0.1) is 0 Å². The fraction of sp³-hybridized carbons (Fsp3) is 0.619. The van der Waals surface area contributed by atoms with Gasteiger partial charge >= 0.3 is 6.03 Å². The molecule has 146 valence electrons. The molecule has 5 rings (SSSR count). The Morgan fingerprint density at radius 2 is 1.74 bits per heavy atom. The summed E-state index contributed by atoms with van der Waals surface area (Å²) in [7, 11) is 0. The highest BCUT2D eigenvalue weighted by atomic mass is 35.5. The molecule has 0 spiro atoms. The van der Waals surface area contributed by atoms with E-state index in [0.29, 0.717) is 5.02 Å². The molecule has 4 bridgehead atoms. The van der Waals surface area contributed by atoms with Crippen LogP contribution in [0.4, 0.5) is 4.79 Å². The van der Waals surface area contributed by atoms with Gasteiger partial charge in [-0.05, 0) is 69.3 Å². The van der Waals surface area contributed by atoms with Gasteiger partial charge in [0.2, 0.25) is 0 Å². The van der Waals surface area contributed by atoms with Crippen molar-refractivity contribution in [3.05, 3.63) is 34.9 Å². The zero-order valence-electron chi connectivity index (χ0n) is 15.8. The zero-order valence-corrected chi connectivity index (χ0v) is 16.6. The molecule has 1 aromatic rings. The first-order valence-electron chi connectivity index (χ1n) is 10.1. The van der Waals surface area contributed by atoms with Crippen LogP contribution in [0, 0.1) is 17.8 Å². The molecule has 0 aromatic heterocycles. The normalized spacial score (nSPS) is 32.1. The molecular formula is C21H29ClN3O2+. The molecular weight excluding hydrogens is 362 g/mol. The molecule has 6 heteroatoms. The van der Waals surface area contributed by atoms with E-state index in [0.717, 1.165) is 42.6 Å². The Morgan fingerprint density at radius 3 is 2.33 bits per heavy atom. The standard InChI is InChI=1S/C21H28ClN3O2/c1-13(17-4-2-3-5-18(17)22)23-12-19(26)24-20(27)25-21-9-14-6-15(10-21)8-16(7-14)11-21/h2-5,13-16,23H,6-12H2,1H3,(H2,24,25,26,27)/p+1/t13-,14?,15?,16?,21?/m1/s1. The van der Waals surface area contributed by atoms with Gasteiger partial charge in [-0.15, -0.1) is 0 Å². The van der Waals surface area contributed by atoms with Crippen LogP contribution in [0.25, 0.3) is 0 Å². The lowest BCUT2D eigenvalue weighted by Crippen LogP contribution is -2.87. The van der Waals surface area contributed by atoms with E-state index in [1.807, 2.05) is 36.5 Å². The largest absolute Gasteiger partial charge is 0.332 e. The second-order valence-corrected chi connectivity index (χ2v) is 9.36. The van der Waals surface area contributed by atoms with Crippen LogP contribution >= 0.6 is 11.6 Å². The number of halogens is 1. The average Bonchev–Trinajstić information content (AvgIpc) is 2.58. The Morgan fingerprint density at radius 1 is 1.15 bits per heavy atom. The quantitative estimate of drug-likeness (QED) is 0.723. The van der Waals surface area contributed by atoms with Crippen molar-refractivity contribution in [3.63, 3.8) is 0 Å². The van der Waals surface area contributed by atoms with Crippen LogP contribution in [-0.4, -0.2) is 24.0 Å². The first-order valence-corrected chi connectivity index (χ1v) is 10.5. The molecule has 4 aliphatic carbocycles. The Labute approximate surface area is 165 Å². The van der Waals surface area contributed by atoms with Crippen molar-refractivity contribution in [3.8, 4) is 0 Å². The van der Waals surface area contributed by atoms with Crippen LogP contribution < -0.4 is 16.0 Å². The van der Waals surface area contributed by atoms with Gasteiger partial charge < -0.3 is 10.6 Å². The fourth-order valence-electron chi connectivity index (χ4n) is 5.97. The lowest BCUT2D eigenvalue weighted by atomic mass is 9.53. The van der Waals surface area contributed by atoms with E-state index in [9.17, 15) is 9.59 Å². The minimum absolute atomic E-state index is 0.0515. The number of amides is 3. The third-order valence-electron chi connectivity index (χ3n) is 6.72. The molecule has 1 atom stereocenters. The van der Waals surface area contributed by atoms with E-state index in [1.54, 1.807) is 0 Å². The van der Waals surface area contributed by atoms with Gasteiger partial charge in [0, 0.05) is 16.1 Å². The predicted octanol–water partition coefficient (Wildman–Crippen LogP) is 2.76. The minimum atomic E-state index is -0.333. The van der Waals surface area contributed by atoms with Crippen molar-refractivity contribution in [1.82, 2.24) is 10.6 Å². The number of carbonyl (C=O) groups excluding carboxylic acids is 2. The zero-order chi connectivity index (χ0) is 19.0. The Kier molecular flexibility index (Phi) is 5.17. The molecule has 0 radical (unpaired) electrons. The maximum absolute atomic E-state index is 12.4. The summed E-state index contributed by atoms with van der Waals surface area (Å²) in [4.78, 5) is 24.7. The summed E-state index contributed by atoms with van der Waals surface area (Å²) in [6, 6.07) is 7.35. The van der Waals surface area contributed by atoms with Crippen LogP contribution in [0.2, 0.25) is 5.02 Å². The summed E-state index contributed by atoms with van der Waals surface area (Å²) in [6.45, 7) is 2.20. The molecule has 4 fully saturated rings. The molecule has 0 heterocycles. The molecule has 1 aromatic carbocycles. The number of urea groups is 1. The molecule has 4 aliphatic rings. The molecule has 0 saturated heterocycles. The highest BCUT2D eigenvalue weighted by Gasteiger charge is 2.51. The Hall–Kier alpha value is -1.59. The van der Waals surface area contributed by atoms with Crippen molar-refractivity contribution in [2.75, 3.05) is 6.54 Å². The van der Waals surface area contributed by atoms with Crippen molar-refractivity contribution in [2.24, 2.45) is 17.8 Å². The topological polar surface area (TPSA) is 74.8 Å². The number of hydrogen-bond acceptors (Lipinski definition) is 2. The van der Waals surface area contributed by atoms with Crippen LogP contribution in [-0.2, 0) is 4.79 Å². The molecule has 0 unspecified atom stereocenters. The van der Waals surface area contributed by atoms with Gasteiger partial charge in [-0.2, -0.15) is 0 Å². The maximum Gasteiger partial charge on any atom is 0.322 e. The summed E-state index contributed by atoms with van der Waals surface area (Å²) >= 11 is 6.21. The SMILES string of the molecule is C[C@@H]([NH2+]CC(=O)NC(=O)NC12CC3CC(CC(C3)C1)C2)c1ccccc1Cl. The van der Waals surface area contributed by atoms with E-state index >= 15 is 0 Å². The van der Waals surface area contributed by atoms with Crippen molar-refractivity contribution in [2.45, 2.75) is 57.0 Å². The Balaban J connectivity index is 1.26. The van der Waals surface area contributed by atoms with Gasteiger partial charge in [0.15, 0.2) is 6.54 Å². The smallest absolute Gasteiger partial charge is 0.322 e. The number of imide groups is 1. The average molecular weight is 391 g/mol. The van der Waals surface area contributed by atoms with E-state index in [2.05, 4.69) is 10.6 Å². The fourth-order valence-corrected chi connectivity index (χ4v) is 6.28. The molecule has 3 amide bonds. The summed E-state index contributed by atoms with van der Waals surface area (Å²) in [6.07, 6.45) is 7.23. The first-order chi connectivity index (χ1) is 12.9. The Bertz CT molecular complexity index is 701. The van der Waals surface area contributed by atoms with E-state index in [1.165, 1.54) is 19.3 Å². The lowest BCUT2D eigenvalue weighted by molar-refractivity contribution is -0.682. The summed E-state index contributed by atoms with van der Waals surface area (Å²) in [5, 5.41) is 8.29. The number of carbonyl (C=O) groups is 2. The van der Waals surface area contributed by atoms with Crippen molar-refractivity contribution in [1.29, 1.82) is 0 Å². The highest BCUT2D eigenvalue weighted by molar-refractivity contribution is 6.31. The van der Waals surface area contributed by atoms with E-state index in [-0.39, 0.29) is 30.1 Å². The number of nitrogens with two attached hydrogens (primary N) is 1. The molecule has 5 nitrogen and oxygen atoms in total. The van der Waals surface area contributed by atoms with E-state index < -0.39 is 0 Å². The number of benzene rings is 1. The van der Waals surface area contributed by atoms with Crippen molar-refractivity contribution < 1.29 is 14.9 Å². The molecule has 4 saturated carbocycles. The molecule has 0 aliphatic heterocycles. The third kappa shape index (κ3) is 4.14. The molecule has 4 N–H and O–H groups in total. The lowest BCUT2D eigenvalue weighted by Gasteiger charge is -2.56. The van der Waals surface area contributed by atoms with Gasteiger partial charge in [-0.25, -0.2) is 4.79 Å². The number of quaternary nitrogens is 1. The maximum atomic E-state index is 12.4. The summed E-state index contributed by atoms with van der Waals surface area (Å²) in [5.74, 6) is 2.02. The summed E-state index contributed by atoms with van der Waals surface area (Å²) in [5.41, 5.74) is 0.915. The van der Waals surface area contributed by atoms with Gasteiger partial charge in [0.25, 0.3) is 5.91 Å². The van der Waals surface area contributed by atoms with Crippen LogP contribution in [0.1, 0.15) is 57.1 Å². The number of nitrogens with one attached hydrogen (secondary N) is 2. The summed E-state index contributed by atoms with van der Waals surface area (Å²) < 4.78 is 0. The van der Waals surface area contributed by atoms with Gasteiger partial charge in [0.1, 0.15) is 6.04 Å². The van der Waals surface area contributed by atoms with Gasteiger partial charge in [-0.3, -0.25) is 10.1 Å². The highest BCUT2D eigenvalue weighted by Crippen LogP contribution is 2.55.